The van der Waals surface area contributed by atoms with E-state index in [-0.39, 0.29) is 5.91 Å². The molecule has 1 aromatic rings. The molecular formula is C16H24N2O3. The summed E-state index contributed by atoms with van der Waals surface area (Å²) in [5.41, 5.74) is 0.660. The fourth-order valence-corrected chi connectivity index (χ4v) is 2.36. The summed E-state index contributed by atoms with van der Waals surface area (Å²) in [5.74, 6) is 0.744. The molecule has 5 heteroatoms. The van der Waals surface area contributed by atoms with E-state index in [1.807, 2.05) is 19.1 Å². The van der Waals surface area contributed by atoms with Crippen molar-refractivity contribution < 1.29 is 14.3 Å². The van der Waals surface area contributed by atoms with E-state index in [1.165, 1.54) is 0 Å². The summed E-state index contributed by atoms with van der Waals surface area (Å²) < 4.78 is 10.7. The average molecular weight is 292 g/mol. The van der Waals surface area contributed by atoms with E-state index in [0.717, 1.165) is 32.1 Å². The Hall–Kier alpha value is -1.59. The molecular weight excluding hydrogens is 268 g/mol. The van der Waals surface area contributed by atoms with Crippen LogP contribution in [0.3, 0.4) is 0 Å². The maximum Gasteiger partial charge on any atom is 0.251 e. The van der Waals surface area contributed by atoms with Gasteiger partial charge in [-0.05, 0) is 38.1 Å². The van der Waals surface area contributed by atoms with E-state index in [4.69, 9.17) is 9.47 Å². The first-order valence-electron chi connectivity index (χ1n) is 7.53. The Balaban J connectivity index is 1.80. The topological polar surface area (TPSA) is 50.8 Å². The van der Waals surface area contributed by atoms with Crippen LogP contribution in [-0.2, 0) is 4.74 Å². The van der Waals surface area contributed by atoms with Gasteiger partial charge in [0.2, 0.25) is 0 Å². The fourth-order valence-electron chi connectivity index (χ4n) is 2.36. The molecule has 1 aromatic carbocycles. The Labute approximate surface area is 126 Å². The zero-order valence-electron chi connectivity index (χ0n) is 12.8. The molecule has 5 nitrogen and oxygen atoms in total. The van der Waals surface area contributed by atoms with Crippen LogP contribution in [0.1, 0.15) is 24.2 Å². The molecule has 116 valence electrons. The van der Waals surface area contributed by atoms with Gasteiger partial charge in [-0.2, -0.15) is 0 Å². The highest BCUT2D eigenvalue weighted by molar-refractivity contribution is 5.94. The molecule has 0 aromatic heterocycles. The lowest BCUT2D eigenvalue weighted by Gasteiger charge is -2.32. The van der Waals surface area contributed by atoms with Crippen LogP contribution in [-0.4, -0.2) is 56.3 Å². The number of ether oxygens (including phenoxy) is 2. The maximum atomic E-state index is 12.1. The second kappa shape index (κ2) is 8.00. The number of carbonyl (C=O) groups is 1. The molecule has 1 saturated heterocycles. The third-order valence-corrected chi connectivity index (χ3v) is 3.65. The highest BCUT2D eigenvalue weighted by Gasteiger charge is 2.17. The Kier molecular flexibility index (Phi) is 6.02. The summed E-state index contributed by atoms with van der Waals surface area (Å²) in [6.07, 6.45) is 0. The van der Waals surface area contributed by atoms with Crippen molar-refractivity contribution in [3.05, 3.63) is 29.8 Å². The number of morpholine rings is 1. The number of rotatable bonds is 6. The summed E-state index contributed by atoms with van der Waals surface area (Å²) in [5, 5.41) is 2.99. The minimum absolute atomic E-state index is 0.0434. The van der Waals surface area contributed by atoms with Crippen molar-refractivity contribution in [3.8, 4) is 5.75 Å². The van der Waals surface area contributed by atoms with E-state index in [1.54, 1.807) is 12.1 Å². The van der Waals surface area contributed by atoms with Gasteiger partial charge in [0.25, 0.3) is 5.91 Å². The number of nitrogens with zero attached hydrogens (tertiary/aromatic N) is 1. The molecule has 1 aliphatic heterocycles. The first kappa shape index (κ1) is 15.8. The highest BCUT2D eigenvalue weighted by atomic mass is 16.5. The van der Waals surface area contributed by atoms with Crippen molar-refractivity contribution in [1.29, 1.82) is 0 Å². The molecule has 1 fully saturated rings. The van der Waals surface area contributed by atoms with E-state index < -0.39 is 0 Å². The normalized spacial score (nSPS) is 17.2. The largest absolute Gasteiger partial charge is 0.494 e. The van der Waals surface area contributed by atoms with Crippen molar-refractivity contribution in [2.24, 2.45) is 0 Å². The second-order valence-electron chi connectivity index (χ2n) is 5.16. The van der Waals surface area contributed by atoms with Crippen LogP contribution in [0.4, 0.5) is 0 Å². The predicted octanol–water partition coefficient (Wildman–Crippen LogP) is 1.54. The van der Waals surface area contributed by atoms with Gasteiger partial charge in [-0.15, -0.1) is 0 Å². The molecule has 2 rings (SSSR count). The van der Waals surface area contributed by atoms with Crippen molar-refractivity contribution in [2.75, 3.05) is 39.5 Å². The van der Waals surface area contributed by atoms with Gasteiger partial charge in [-0.1, -0.05) is 0 Å². The lowest BCUT2D eigenvalue weighted by Crippen LogP contribution is -2.47. The van der Waals surface area contributed by atoms with E-state index >= 15 is 0 Å². The van der Waals surface area contributed by atoms with Crippen LogP contribution < -0.4 is 10.1 Å². The Morgan fingerprint density at radius 3 is 2.62 bits per heavy atom. The fraction of sp³-hybridized carbons (Fsp3) is 0.562. The number of carbonyl (C=O) groups excluding carboxylic acids is 1. The first-order chi connectivity index (χ1) is 10.2. The summed E-state index contributed by atoms with van der Waals surface area (Å²) in [4.78, 5) is 14.4. The molecule has 0 saturated carbocycles. The summed E-state index contributed by atoms with van der Waals surface area (Å²) in [6.45, 7) is 8.75. The number of nitrogens with one attached hydrogen (secondary N) is 1. The van der Waals surface area contributed by atoms with Gasteiger partial charge in [0.1, 0.15) is 5.75 Å². The number of benzene rings is 1. The zero-order valence-corrected chi connectivity index (χ0v) is 12.8. The summed E-state index contributed by atoms with van der Waals surface area (Å²) in [7, 11) is 0. The van der Waals surface area contributed by atoms with E-state index in [2.05, 4.69) is 17.1 Å². The molecule has 1 aliphatic rings. The van der Waals surface area contributed by atoms with Crippen molar-refractivity contribution in [2.45, 2.75) is 19.9 Å². The predicted molar refractivity (Wildman–Crippen MR) is 81.8 cm³/mol. The van der Waals surface area contributed by atoms with Crippen LogP contribution in [0.15, 0.2) is 24.3 Å². The molecule has 1 heterocycles. The van der Waals surface area contributed by atoms with Crippen LogP contribution >= 0.6 is 0 Å². The van der Waals surface area contributed by atoms with Crippen molar-refractivity contribution in [1.82, 2.24) is 10.2 Å². The first-order valence-corrected chi connectivity index (χ1v) is 7.53. The third kappa shape index (κ3) is 4.72. The monoisotopic (exact) mass is 292 g/mol. The lowest BCUT2D eigenvalue weighted by molar-refractivity contribution is 0.0204. The van der Waals surface area contributed by atoms with Gasteiger partial charge in [0, 0.05) is 31.2 Å². The van der Waals surface area contributed by atoms with Gasteiger partial charge in [0.05, 0.1) is 19.8 Å². The molecule has 0 bridgehead atoms. The van der Waals surface area contributed by atoms with E-state index in [0.29, 0.717) is 24.8 Å². The maximum absolute atomic E-state index is 12.1. The van der Waals surface area contributed by atoms with Gasteiger partial charge in [0.15, 0.2) is 0 Å². The van der Waals surface area contributed by atoms with Crippen LogP contribution in [0.25, 0.3) is 0 Å². The molecule has 1 amide bonds. The standard InChI is InChI=1S/C16H24N2O3/c1-3-21-15-6-4-14(5-7-15)16(19)17-12-13(2)18-8-10-20-11-9-18/h4-7,13H,3,8-12H2,1-2H3,(H,17,19). The Morgan fingerprint density at radius 2 is 2.00 bits per heavy atom. The molecule has 1 N–H and O–H groups in total. The Bertz CT molecular complexity index is 441. The van der Waals surface area contributed by atoms with Crippen LogP contribution in [0.2, 0.25) is 0 Å². The summed E-state index contributed by atoms with van der Waals surface area (Å²) in [6, 6.07) is 7.55. The second-order valence-corrected chi connectivity index (χ2v) is 5.16. The summed E-state index contributed by atoms with van der Waals surface area (Å²) >= 11 is 0. The molecule has 0 radical (unpaired) electrons. The number of amides is 1. The minimum atomic E-state index is -0.0434. The zero-order chi connectivity index (χ0) is 15.1. The van der Waals surface area contributed by atoms with Crippen molar-refractivity contribution in [3.63, 3.8) is 0 Å². The number of hydrogen-bond acceptors (Lipinski definition) is 4. The molecule has 21 heavy (non-hydrogen) atoms. The van der Waals surface area contributed by atoms with Crippen LogP contribution in [0, 0.1) is 0 Å². The molecule has 1 atom stereocenters. The van der Waals surface area contributed by atoms with Crippen LogP contribution in [0.5, 0.6) is 5.75 Å². The lowest BCUT2D eigenvalue weighted by atomic mass is 10.2. The van der Waals surface area contributed by atoms with Gasteiger partial charge in [-0.25, -0.2) is 0 Å². The van der Waals surface area contributed by atoms with Gasteiger partial charge in [-0.3, -0.25) is 9.69 Å². The Morgan fingerprint density at radius 1 is 1.33 bits per heavy atom. The smallest absolute Gasteiger partial charge is 0.251 e. The third-order valence-electron chi connectivity index (χ3n) is 3.65. The van der Waals surface area contributed by atoms with Gasteiger partial charge < -0.3 is 14.8 Å². The SMILES string of the molecule is CCOc1ccc(C(=O)NCC(C)N2CCOCC2)cc1. The molecule has 1 unspecified atom stereocenters. The average Bonchev–Trinajstić information content (AvgIpc) is 2.54. The number of hydrogen-bond donors (Lipinski definition) is 1. The highest BCUT2D eigenvalue weighted by Crippen LogP contribution is 2.12. The van der Waals surface area contributed by atoms with E-state index in [9.17, 15) is 4.79 Å². The molecule has 0 aliphatic carbocycles. The molecule has 0 spiro atoms. The van der Waals surface area contributed by atoms with Gasteiger partial charge >= 0.3 is 0 Å². The quantitative estimate of drug-likeness (QED) is 0.864. The minimum Gasteiger partial charge on any atom is -0.494 e. The van der Waals surface area contributed by atoms with Crippen molar-refractivity contribution >= 4 is 5.91 Å².